The van der Waals surface area contributed by atoms with Crippen LogP contribution < -0.4 is 10.6 Å². The first-order valence-corrected chi connectivity index (χ1v) is 6.09. The molecule has 7 nitrogen and oxygen atoms in total. The van der Waals surface area contributed by atoms with Gasteiger partial charge in [0, 0.05) is 20.2 Å². The van der Waals surface area contributed by atoms with Crippen molar-refractivity contribution in [1.29, 1.82) is 5.26 Å². The van der Waals surface area contributed by atoms with Crippen LogP contribution in [0.4, 0.5) is 11.5 Å². The van der Waals surface area contributed by atoms with Gasteiger partial charge in [-0.1, -0.05) is 0 Å². The van der Waals surface area contributed by atoms with Crippen molar-refractivity contribution in [1.82, 2.24) is 4.98 Å². The topological polar surface area (TPSA) is 101 Å². The molecule has 0 aliphatic heterocycles. The molecular weight excluding hydrogens is 260 g/mol. The highest BCUT2D eigenvalue weighted by molar-refractivity contribution is 5.88. The number of anilines is 2. The van der Waals surface area contributed by atoms with Gasteiger partial charge in [-0.15, -0.1) is 0 Å². The smallest absolute Gasteiger partial charge is 0.356 e. The highest BCUT2D eigenvalue weighted by Gasteiger charge is 2.15. The van der Waals surface area contributed by atoms with Crippen LogP contribution in [0.2, 0.25) is 0 Å². The monoisotopic (exact) mass is 278 g/mol. The third kappa shape index (κ3) is 4.10. The van der Waals surface area contributed by atoms with E-state index in [0.717, 1.165) is 0 Å². The summed E-state index contributed by atoms with van der Waals surface area (Å²) < 4.78 is 9.66. The molecule has 0 radical (unpaired) electrons. The molecule has 0 spiro atoms. The minimum Gasteiger partial charge on any atom is -0.464 e. The lowest BCUT2D eigenvalue weighted by molar-refractivity contribution is 0.0594. The molecule has 1 aromatic rings. The number of hydrogen-bond donors (Lipinski definition) is 1. The zero-order chi connectivity index (χ0) is 15.0. The third-order valence-electron chi connectivity index (χ3n) is 2.66. The van der Waals surface area contributed by atoms with E-state index in [0.29, 0.717) is 37.6 Å². The van der Waals surface area contributed by atoms with E-state index >= 15 is 0 Å². The molecule has 20 heavy (non-hydrogen) atoms. The lowest BCUT2D eigenvalue weighted by Gasteiger charge is -2.24. The van der Waals surface area contributed by atoms with Crippen LogP contribution >= 0.6 is 0 Å². The number of carbonyl (C=O) groups is 1. The largest absolute Gasteiger partial charge is 0.464 e. The minimum absolute atomic E-state index is 0.177. The average Bonchev–Trinajstić information content (AvgIpc) is 2.47. The normalized spacial score (nSPS) is 9.85. The van der Waals surface area contributed by atoms with E-state index in [1.54, 1.807) is 13.2 Å². The van der Waals surface area contributed by atoms with Gasteiger partial charge >= 0.3 is 5.97 Å². The maximum Gasteiger partial charge on any atom is 0.356 e. The van der Waals surface area contributed by atoms with Gasteiger partial charge in [0.15, 0.2) is 11.5 Å². The van der Waals surface area contributed by atoms with Crippen molar-refractivity contribution in [3.05, 3.63) is 17.8 Å². The predicted molar refractivity (Wildman–Crippen MR) is 74.3 cm³/mol. The Balaban J connectivity index is 3.03. The first-order chi connectivity index (χ1) is 9.63. The van der Waals surface area contributed by atoms with E-state index in [1.807, 2.05) is 4.90 Å². The number of pyridine rings is 1. The molecule has 0 unspecified atom stereocenters. The molecular formula is C13H18N4O3. The Bertz CT molecular complexity index is 499. The summed E-state index contributed by atoms with van der Waals surface area (Å²) in [7, 11) is 2.88. The number of rotatable bonds is 7. The zero-order valence-corrected chi connectivity index (χ0v) is 11.6. The van der Waals surface area contributed by atoms with E-state index in [9.17, 15) is 4.79 Å². The number of nitrogens with zero attached hydrogens (tertiary/aromatic N) is 3. The lowest BCUT2D eigenvalue weighted by Crippen LogP contribution is -2.30. The SMILES string of the molecule is COCCN(CCC#N)c1nc(C(=O)OC)ccc1N. The molecule has 0 atom stereocenters. The fourth-order valence-corrected chi connectivity index (χ4v) is 1.64. The van der Waals surface area contributed by atoms with Gasteiger partial charge in [-0.25, -0.2) is 9.78 Å². The number of nitriles is 1. The second-order valence-electron chi connectivity index (χ2n) is 3.99. The summed E-state index contributed by atoms with van der Waals surface area (Å²) in [6.07, 6.45) is 0.327. The maximum absolute atomic E-state index is 11.5. The van der Waals surface area contributed by atoms with Gasteiger partial charge in [-0.05, 0) is 12.1 Å². The van der Waals surface area contributed by atoms with Gasteiger partial charge < -0.3 is 20.1 Å². The van der Waals surface area contributed by atoms with Gasteiger partial charge in [-0.2, -0.15) is 5.26 Å². The molecule has 0 aromatic carbocycles. The summed E-state index contributed by atoms with van der Waals surface area (Å²) in [6.45, 7) is 1.46. The van der Waals surface area contributed by atoms with E-state index in [1.165, 1.54) is 13.2 Å². The van der Waals surface area contributed by atoms with Gasteiger partial charge in [0.2, 0.25) is 0 Å². The fraction of sp³-hybridized carbons (Fsp3) is 0.462. The summed E-state index contributed by atoms with van der Waals surface area (Å²) in [4.78, 5) is 17.5. The summed E-state index contributed by atoms with van der Waals surface area (Å²) >= 11 is 0. The molecule has 1 rings (SSSR count). The van der Waals surface area contributed by atoms with Gasteiger partial charge in [0.25, 0.3) is 0 Å². The first kappa shape index (κ1) is 15.7. The van der Waals surface area contributed by atoms with Crippen molar-refractivity contribution in [3.63, 3.8) is 0 Å². The molecule has 0 aliphatic carbocycles. The number of nitrogens with two attached hydrogens (primary N) is 1. The van der Waals surface area contributed by atoms with Crippen LogP contribution in [0.1, 0.15) is 16.9 Å². The van der Waals surface area contributed by atoms with Gasteiger partial charge in [0.1, 0.15) is 0 Å². The van der Waals surface area contributed by atoms with Crippen LogP contribution in [-0.4, -0.2) is 44.9 Å². The molecule has 0 fully saturated rings. The van der Waals surface area contributed by atoms with E-state index in [4.69, 9.17) is 15.7 Å². The molecule has 0 bridgehead atoms. The number of ether oxygens (including phenoxy) is 2. The Morgan fingerprint density at radius 3 is 2.80 bits per heavy atom. The molecule has 1 aromatic heterocycles. The molecule has 2 N–H and O–H groups in total. The number of esters is 1. The Morgan fingerprint density at radius 1 is 1.45 bits per heavy atom. The fourth-order valence-electron chi connectivity index (χ4n) is 1.64. The molecule has 7 heteroatoms. The second kappa shape index (κ2) is 7.96. The van der Waals surface area contributed by atoms with Crippen LogP contribution in [-0.2, 0) is 9.47 Å². The van der Waals surface area contributed by atoms with Crippen molar-refractivity contribution >= 4 is 17.5 Å². The van der Waals surface area contributed by atoms with Gasteiger partial charge in [0.05, 0.1) is 31.9 Å². The van der Waals surface area contributed by atoms with E-state index in [-0.39, 0.29) is 5.69 Å². The van der Waals surface area contributed by atoms with Crippen molar-refractivity contribution in [2.24, 2.45) is 0 Å². The van der Waals surface area contributed by atoms with Crippen molar-refractivity contribution in [2.75, 3.05) is 44.5 Å². The van der Waals surface area contributed by atoms with Crippen molar-refractivity contribution < 1.29 is 14.3 Å². The lowest BCUT2D eigenvalue weighted by atomic mass is 10.3. The van der Waals surface area contributed by atoms with Crippen LogP contribution in [0.25, 0.3) is 0 Å². The first-order valence-electron chi connectivity index (χ1n) is 6.09. The Kier molecular flexibility index (Phi) is 6.26. The summed E-state index contributed by atoms with van der Waals surface area (Å²) in [5, 5.41) is 8.70. The number of aromatic nitrogens is 1. The second-order valence-corrected chi connectivity index (χ2v) is 3.99. The quantitative estimate of drug-likeness (QED) is 0.736. The van der Waals surface area contributed by atoms with E-state index in [2.05, 4.69) is 15.8 Å². The average molecular weight is 278 g/mol. The van der Waals surface area contributed by atoms with Crippen LogP contribution in [0, 0.1) is 11.3 Å². The van der Waals surface area contributed by atoms with Crippen molar-refractivity contribution in [3.8, 4) is 6.07 Å². The predicted octanol–water partition coefficient (Wildman–Crippen LogP) is 0.817. The van der Waals surface area contributed by atoms with Gasteiger partial charge in [-0.3, -0.25) is 0 Å². The van der Waals surface area contributed by atoms with Crippen LogP contribution in [0.5, 0.6) is 0 Å². The van der Waals surface area contributed by atoms with Crippen molar-refractivity contribution in [2.45, 2.75) is 6.42 Å². The highest BCUT2D eigenvalue weighted by atomic mass is 16.5. The Morgan fingerprint density at radius 2 is 2.20 bits per heavy atom. The van der Waals surface area contributed by atoms with Crippen LogP contribution in [0.3, 0.4) is 0 Å². The number of nitrogen functional groups attached to an aromatic ring is 1. The molecule has 0 aliphatic rings. The molecule has 0 saturated heterocycles. The highest BCUT2D eigenvalue weighted by Crippen LogP contribution is 2.21. The zero-order valence-electron chi connectivity index (χ0n) is 11.6. The third-order valence-corrected chi connectivity index (χ3v) is 2.66. The number of carbonyl (C=O) groups excluding carboxylic acids is 1. The Labute approximate surface area is 117 Å². The molecule has 0 amide bonds. The van der Waals surface area contributed by atoms with E-state index < -0.39 is 5.97 Å². The molecule has 1 heterocycles. The Hall–Kier alpha value is -2.33. The number of hydrogen-bond acceptors (Lipinski definition) is 7. The molecule has 0 saturated carbocycles. The minimum atomic E-state index is -0.529. The molecule has 108 valence electrons. The summed E-state index contributed by atoms with van der Waals surface area (Å²) in [5.74, 6) is -0.0709. The summed E-state index contributed by atoms with van der Waals surface area (Å²) in [5.41, 5.74) is 6.51. The number of methoxy groups -OCH3 is 2. The standard InChI is InChI=1S/C13H18N4O3/c1-19-9-8-17(7-3-6-14)12-10(15)4-5-11(16-12)13(18)20-2/h4-5H,3,7-9,15H2,1-2H3. The van der Waals surface area contributed by atoms with Crippen LogP contribution in [0.15, 0.2) is 12.1 Å². The summed E-state index contributed by atoms with van der Waals surface area (Å²) in [6, 6.07) is 5.17. The maximum atomic E-state index is 11.5.